The van der Waals surface area contributed by atoms with Gasteiger partial charge in [0.1, 0.15) is 12.7 Å². The van der Waals surface area contributed by atoms with E-state index in [-0.39, 0.29) is 17.9 Å². The molecule has 0 aliphatic heterocycles. The van der Waals surface area contributed by atoms with Crippen LogP contribution in [0.5, 0.6) is 0 Å². The first-order valence-corrected chi connectivity index (χ1v) is 7.29. The van der Waals surface area contributed by atoms with Gasteiger partial charge in [-0.3, -0.25) is 4.79 Å². The molecule has 1 aliphatic rings. The highest BCUT2D eigenvalue weighted by Gasteiger charge is 2.34. The lowest BCUT2D eigenvalue weighted by Crippen LogP contribution is -2.30. The number of benzene rings is 1. The van der Waals surface area contributed by atoms with Crippen LogP contribution in [-0.2, 0) is 11.3 Å². The molecule has 0 saturated heterocycles. The molecule has 2 aromatic rings. The smallest absolute Gasteiger partial charge is 0.223 e. The normalized spacial score (nSPS) is 24.4. The Morgan fingerprint density at radius 1 is 1.41 bits per heavy atom. The molecule has 0 bridgehead atoms. The third-order valence-electron chi connectivity index (χ3n) is 4.06. The molecule has 0 spiro atoms. The fourth-order valence-electron chi connectivity index (χ4n) is 2.81. The molecule has 7 nitrogen and oxygen atoms in total. The van der Waals surface area contributed by atoms with Crippen molar-refractivity contribution in [3.8, 4) is 5.69 Å². The monoisotopic (exact) mass is 301 g/mol. The lowest BCUT2D eigenvalue weighted by Gasteiger charge is -2.13. The quantitative estimate of drug-likeness (QED) is 0.736. The maximum Gasteiger partial charge on any atom is 0.223 e. The van der Waals surface area contributed by atoms with Gasteiger partial charge < -0.3 is 16.2 Å². The van der Waals surface area contributed by atoms with Crippen LogP contribution in [-0.4, -0.2) is 37.9 Å². The molecule has 1 amide bonds. The van der Waals surface area contributed by atoms with Crippen LogP contribution in [0.1, 0.15) is 18.4 Å². The van der Waals surface area contributed by atoms with E-state index in [1.807, 2.05) is 24.3 Å². The van der Waals surface area contributed by atoms with Crippen molar-refractivity contribution in [2.24, 2.45) is 11.7 Å². The van der Waals surface area contributed by atoms with E-state index in [1.165, 1.54) is 6.33 Å². The average molecular weight is 301 g/mol. The highest BCUT2D eigenvalue weighted by molar-refractivity contribution is 5.79. The summed E-state index contributed by atoms with van der Waals surface area (Å²) in [5.41, 5.74) is 7.58. The van der Waals surface area contributed by atoms with E-state index in [9.17, 15) is 9.90 Å². The maximum atomic E-state index is 12.2. The van der Waals surface area contributed by atoms with Gasteiger partial charge in [-0.15, -0.1) is 0 Å². The Labute approximate surface area is 128 Å². The van der Waals surface area contributed by atoms with E-state index < -0.39 is 6.10 Å². The fraction of sp³-hybridized carbons (Fsp3) is 0.400. The predicted octanol–water partition coefficient (Wildman–Crippen LogP) is -0.0183. The number of nitrogens with two attached hydrogens (primary N) is 1. The van der Waals surface area contributed by atoms with Crippen molar-refractivity contribution in [3.63, 3.8) is 0 Å². The van der Waals surface area contributed by atoms with Crippen molar-refractivity contribution in [3.05, 3.63) is 42.5 Å². The van der Waals surface area contributed by atoms with Gasteiger partial charge in [-0.1, -0.05) is 18.2 Å². The van der Waals surface area contributed by atoms with E-state index in [0.717, 1.165) is 11.3 Å². The molecule has 3 rings (SSSR count). The largest absolute Gasteiger partial charge is 0.391 e. The summed E-state index contributed by atoms with van der Waals surface area (Å²) in [5.74, 6) is -0.288. The molecule has 1 aliphatic carbocycles. The minimum Gasteiger partial charge on any atom is -0.391 e. The molecule has 3 atom stereocenters. The van der Waals surface area contributed by atoms with E-state index in [4.69, 9.17) is 5.73 Å². The van der Waals surface area contributed by atoms with Crippen LogP contribution in [0.25, 0.3) is 5.69 Å². The summed E-state index contributed by atoms with van der Waals surface area (Å²) in [6.45, 7) is 0.400. The first-order valence-electron chi connectivity index (χ1n) is 7.29. The van der Waals surface area contributed by atoms with Gasteiger partial charge in [0.2, 0.25) is 5.91 Å². The molecule has 22 heavy (non-hydrogen) atoms. The van der Waals surface area contributed by atoms with Crippen LogP contribution in [0.2, 0.25) is 0 Å². The fourth-order valence-corrected chi connectivity index (χ4v) is 2.81. The minimum absolute atomic E-state index is 0.0691. The molecule has 7 heteroatoms. The number of aliphatic hydroxyl groups excluding tert-OH is 1. The number of nitrogens with one attached hydrogen (secondary N) is 1. The zero-order valence-electron chi connectivity index (χ0n) is 12.1. The number of amides is 1. The van der Waals surface area contributed by atoms with E-state index in [1.54, 1.807) is 11.0 Å². The molecule has 0 radical (unpaired) electrons. The lowest BCUT2D eigenvalue weighted by molar-refractivity contribution is -0.125. The van der Waals surface area contributed by atoms with Crippen molar-refractivity contribution in [1.29, 1.82) is 0 Å². The molecule has 116 valence electrons. The Morgan fingerprint density at radius 2 is 2.23 bits per heavy atom. The number of hydrogen-bond acceptors (Lipinski definition) is 5. The number of para-hydroxylation sites is 1. The second-order valence-electron chi connectivity index (χ2n) is 5.59. The summed E-state index contributed by atoms with van der Waals surface area (Å²) in [6.07, 6.45) is 3.46. The molecule has 1 aromatic carbocycles. The van der Waals surface area contributed by atoms with Gasteiger partial charge in [0, 0.05) is 18.5 Å². The predicted molar refractivity (Wildman–Crippen MR) is 79.9 cm³/mol. The van der Waals surface area contributed by atoms with Crippen molar-refractivity contribution in [2.45, 2.75) is 31.5 Å². The highest BCUT2D eigenvalue weighted by Crippen LogP contribution is 2.25. The van der Waals surface area contributed by atoms with Crippen molar-refractivity contribution < 1.29 is 9.90 Å². The Morgan fingerprint density at radius 3 is 2.91 bits per heavy atom. The summed E-state index contributed by atoms with van der Waals surface area (Å²) in [4.78, 5) is 16.1. The van der Waals surface area contributed by atoms with Crippen LogP contribution >= 0.6 is 0 Å². The zero-order valence-corrected chi connectivity index (χ0v) is 12.1. The van der Waals surface area contributed by atoms with Gasteiger partial charge in [-0.05, 0) is 24.5 Å². The number of hydrogen-bond donors (Lipinski definition) is 3. The van der Waals surface area contributed by atoms with E-state index >= 15 is 0 Å². The van der Waals surface area contributed by atoms with Crippen LogP contribution < -0.4 is 11.1 Å². The Balaban J connectivity index is 1.66. The van der Waals surface area contributed by atoms with Gasteiger partial charge >= 0.3 is 0 Å². The van der Waals surface area contributed by atoms with Gasteiger partial charge in [-0.25, -0.2) is 9.67 Å². The molecule has 4 N–H and O–H groups in total. The van der Waals surface area contributed by atoms with Crippen LogP contribution in [0.15, 0.2) is 36.9 Å². The number of carbonyl (C=O) groups is 1. The molecule has 1 aromatic heterocycles. The van der Waals surface area contributed by atoms with Crippen LogP contribution in [0.4, 0.5) is 0 Å². The molecule has 1 fully saturated rings. The van der Waals surface area contributed by atoms with Gasteiger partial charge in [0.05, 0.1) is 11.8 Å². The Kier molecular flexibility index (Phi) is 4.17. The van der Waals surface area contributed by atoms with Crippen molar-refractivity contribution in [1.82, 2.24) is 20.1 Å². The second kappa shape index (κ2) is 6.25. The third-order valence-corrected chi connectivity index (χ3v) is 4.06. The minimum atomic E-state index is -0.585. The number of nitrogens with zero attached hydrogens (tertiary/aromatic N) is 3. The number of aromatic nitrogens is 3. The summed E-state index contributed by atoms with van der Waals surface area (Å²) in [5, 5.41) is 16.7. The first kappa shape index (κ1) is 14.7. The number of aliphatic hydroxyl groups is 1. The van der Waals surface area contributed by atoms with Gasteiger partial charge in [0.25, 0.3) is 0 Å². The standard InChI is InChI=1S/C15H19N5O2/c16-12-5-11(6-14(12)21)15(22)18-7-10-3-1-2-4-13(10)20-9-17-8-19-20/h1-4,8-9,11-12,14,21H,5-7,16H2,(H,18,22)/t11-,12-,14-/m0/s1. The van der Waals surface area contributed by atoms with Crippen molar-refractivity contribution >= 4 is 5.91 Å². The molecule has 1 saturated carbocycles. The molecule has 1 heterocycles. The molecular weight excluding hydrogens is 282 g/mol. The third kappa shape index (κ3) is 3.00. The SMILES string of the molecule is N[C@H]1C[C@H](C(=O)NCc2ccccc2-n2cncn2)C[C@@H]1O. The average Bonchev–Trinajstić information content (AvgIpc) is 3.16. The maximum absolute atomic E-state index is 12.2. The summed E-state index contributed by atoms with van der Waals surface area (Å²) >= 11 is 0. The van der Waals surface area contributed by atoms with Crippen LogP contribution in [0.3, 0.4) is 0 Å². The zero-order chi connectivity index (χ0) is 15.5. The molecule has 0 unspecified atom stereocenters. The van der Waals surface area contributed by atoms with Crippen molar-refractivity contribution in [2.75, 3.05) is 0 Å². The van der Waals surface area contributed by atoms with Gasteiger partial charge in [0.15, 0.2) is 0 Å². The highest BCUT2D eigenvalue weighted by atomic mass is 16.3. The second-order valence-corrected chi connectivity index (χ2v) is 5.59. The van der Waals surface area contributed by atoms with E-state index in [0.29, 0.717) is 19.4 Å². The Hall–Kier alpha value is -2.25. The summed E-state index contributed by atoms with van der Waals surface area (Å²) in [7, 11) is 0. The first-order chi connectivity index (χ1) is 10.6. The van der Waals surface area contributed by atoms with Crippen LogP contribution in [0, 0.1) is 5.92 Å². The number of rotatable bonds is 4. The van der Waals surface area contributed by atoms with Gasteiger partial charge in [-0.2, -0.15) is 5.10 Å². The lowest BCUT2D eigenvalue weighted by atomic mass is 10.1. The van der Waals surface area contributed by atoms with E-state index in [2.05, 4.69) is 15.4 Å². The molecular formula is C15H19N5O2. The summed E-state index contributed by atoms with van der Waals surface area (Å²) < 4.78 is 1.66. The number of carbonyl (C=O) groups excluding carboxylic acids is 1. The topological polar surface area (TPSA) is 106 Å². The summed E-state index contributed by atoms with van der Waals surface area (Å²) in [6, 6.07) is 7.38. The Bertz CT molecular complexity index is 633.